The van der Waals surface area contributed by atoms with Gasteiger partial charge in [0.1, 0.15) is 10.5 Å². The van der Waals surface area contributed by atoms with E-state index >= 15 is 0 Å². The lowest BCUT2D eigenvalue weighted by Crippen LogP contribution is -2.13. The van der Waals surface area contributed by atoms with Crippen molar-refractivity contribution >= 4 is 38.2 Å². The van der Waals surface area contributed by atoms with Crippen molar-refractivity contribution in [3.8, 4) is 11.5 Å². The van der Waals surface area contributed by atoms with Gasteiger partial charge in [-0.05, 0) is 24.1 Å². The van der Waals surface area contributed by atoms with Crippen LogP contribution in [0.1, 0.15) is 5.56 Å². The fourth-order valence-corrected chi connectivity index (χ4v) is 5.13. The fourth-order valence-electron chi connectivity index (χ4n) is 3.40. The summed E-state index contributed by atoms with van der Waals surface area (Å²) in [6.45, 7) is 0.659. The molecule has 26 heavy (non-hydrogen) atoms. The fraction of sp³-hybridized carbons (Fsp3) is 0.222. The van der Waals surface area contributed by atoms with Crippen LogP contribution in [-0.2, 0) is 16.4 Å². The molecule has 0 saturated heterocycles. The molecule has 0 aliphatic carbocycles. The van der Waals surface area contributed by atoms with E-state index < -0.39 is 10.0 Å². The maximum absolute atomic E-state index is 13.3. The smallest absolute Gasteiger partial charge is 0.268 e. The third kappa shape index (κ3) is 2.27. The van der Waals surface area contributed by atoms with Crippen LogP contribution in [0.2, 0.25) is 5.02 Å². The van der Waals surface area contributed by atoms with E-state index in [1.54, 1.807) is 36.5 Å². The topological polar surface area (TPSA) is 69.6 Å². The Kier molecular flexibility index (Phi) is 4.00. The molecular formula is C18H17ClN2O4S. The summed E-state index contributed by atoms with van der Waals surface area (Å²) in [5.74, 6) is 0.603. The SMILES string of the molecule is COc1c(Cl)c2c3c(cn(S(=O)(=O)c4ccccc4)c3c1OC)CCN2. The van der Waals surface area contributed by atoms with Crippen LogP contribution >= 0.6 is 11.6 Å². The first-order valence-electron chi connectivity index (χ1n) is 8.02. The molecule has 3 aromatic rings. The van der Waals surface area contributed by atoms with E-state index in [0.29, 0.717) is 40.7 Å². The molecule has 6 nitrogen and oxygen atoms in total. The zero-order valence-corrected chi connectivity index (χ0v) is 15.8. The highest BCUT2D eigenvalue weighted by Gasteiger charge is 2.31. The third-order valence-electron chi connectivity index (χ3n) is 4.55. The Bertz CT molecular complexity index is 1110. The van der Waals surface area contributed by atoms with Crippen LogP contribution < -0.4 is 14.8 Å². The van der Waals surface area contributed by atoms with Gasteiger partial charge >= 0.3 is 0 Å². The van der Waals surface area contributed by atoms with Gasteiger partial charge in [-0.2, -0.15) is 0 Å². The predicted molar refractivity (Wildman–Crippen MR) is 101 cm³/mol. The number of nitrogens with zero attached hydrogens (tertiary/aromatic N) is 1. The second-order valence-electron chi connectivity index (χ2n) is 5.92. The first-order valence-corrected chi connectivity index (χ1v) is 9.84. The van der Waals surface area contributed by atoms with Gasteiger partial charge in [-0.15, -0.1) is 0 Å². The lowest BCUT2D eigenvalue weighted by Gasteiger charge is -2.20. The average molecular weight is 393 g/mol. The lowest BCUT2D eigenvalue weighted by molar-refractivity contribution is 0.358. The number of ether oxygens (including phenoxy) is 2. The quantitative estimate of drug-likeness (QED) is 0.735. The van der Waals surface area contributed by atoms with Gasteiger partial charge in [-0.25, -0.2) is 12.4 Å². The Morgan fingerprint density at radius 2 is 1.81 bits per heavy atom. The molecule has 1 aliphatic heterocycles. The van der Waals surface area contributed by atoms with Crippen molar-refractivity contribution in [1.82, 2.24) is 3.97 Å². The van der Waals surface area contributed by atoms with E-state index in [2.05, 4.69) is 5.32 Å². The molecule has 2 heterocycles. The molecular weight excluding hydrogens is 376 g/mol. The Labute approximate surface area is 156 Å². The molecule has 1 aromatic heterocycles. The van der Waals surface area contributed by atoms with Crippen molar-refractivity contribution in [3.05, 3.63) is 47.1 Å². The van der Waals surface area contributed by atoms with Gasteiger partial charge in [0.25, 0.3) is 10.0 Å². The van der Waals surface area contributed by atoms with Crippen LogP contribution in [0, 0.1) is 0 Å². The van der Waals surface area contributed by atoms with E-state index in [1.807, 2.05) is 0 Å². The van der Waals surface area contributed by atoms with Gasteiger partial charge in [-0.1, -0.05) is 29.8 Å². The van der Waals surface area contributed by atoms with E-state index in [1.165, 1.54) is 18.2 Å². The molecule has 4 rings (SSSR count). The molecule has 1 aliphatic rings. The standard InChI is InChI=1S/C18H17ClN2O4S/c1-24-17-14(19)15-13-11(8-9-20-15)10-21(16(13)18(17)25-2)26(22,23)12-6-4-3-5-7-12/h3-7,10,20H,8-9H2,1-2H3. The minimum atomic E-state index is -3.80. The molecule has 2 aromatic carbocycles. The normalized spacial score (nSPS) is 13.5. The Morgan fingerprint density at radius 1 is 1.12 bits per heavy atom. The van der Waals surface area contributed by atoms with Gasteiger partial charge in [0, 0.05) is 18.1 Å². The maximum Gasteiger partial charge on any atom is 0.268 e. The van der Waals surface area contributed by atoms with Crippen LogP contribution in [0.25, 0.3) is 10.9 Å². The molecule has 1 N–H and O–H groups in total. The number of benzene rings is 2. The van der Waals surface area contributed by atoms with Gasteiger partial charge in [0.2, 0.25) is 0 Å². The molecule has 0 atom stereocenters. The molecule has 0 spiro atoms. The summed E-state index contributed by atoms with van der Waals surface area (Å²) >= 11 is 6.49. The van der Waals surface area contributed by atoms with Gasteiger partial charge in [0.05, 0.1) is 24.8 Å². The summed E-state index contributed by atoms with van der Waals surface area (Å²) < 4.78 is 38.8. The van der Waals surface area contributed by atoms with E-state index in [0.717, 1.165) is 10.9 Å². The first kappa shape index (κ1) is 17.1. The number of aromatic nitrogens is 1. The third-order valence-corrected chi connectivity index (χ3v) is 6.58. The minimum Gasteiger partial charge on any atom is -0.491 e. The Morgan fingerprint density at radius 3 is 2.46 bits per heavy atom. The van der Waals surface area contributed by atoms with E-state index in [4.69, 9.17) is 21.1 Å². The molecule has 0 amide bonds. The number of hydrogen-bond donors (Lipinski definition) is 1. The number of halogens is 1. The Balaban J connectivity index is 2.15. The van der Waals surface area contributed by atoms with E-state index in [9.17, 15) is 8.42 Å². The summed E-state index contributed by atoms with van der Waals surface area (Å²) in [5.41, 5.74) is 1.99. The summed E-state index contributed by atoms with van der Waals surface area (Å²) in [6, 6.07) is 8.30. The predicted octanol–water partition coefficient (Wildman–Crippen LogP) is 3.52. The highest BCUT2D eigenvalue weighted by atomic mass is 35.5. The van der Waals surface area contributed by atoms with E-state index in [-0.39, 0.29) is 4.90 Å². The average Bonchev–Trinajstić information content (AvgIpc) is 3.06. The van der Waals surface area contributed by atoms with Crippen molar-refractivity contribution in [2.45, 2.75) is 11.3 Å². The van der Waals surface area contributed by atoms with Crippen molar-refractivity contribution in [3.63, 3.8) is 0 Å². The van der Waals surface area contributed by atoms with Crippen LogP contribution in [0.5, 0.6) is 11.5 Å². The number of nitrogens with one attached hydrogen (secondary N) is 1. The monoisotopic (exact) mass is 392 g/mol. The number of rotatable bonds is 4. The molecule has 0 radical (unpaired) electrons. The molecule has 0 unspecified atom stereocenters. The summed E-state index contributed by atoms with van der Waals surface area (Å²) in [5, 5.41) is 4.38. The minimum absolute atomic E-state index is 0.202. The highest BCUT2D eigenvalue weighted by Crippen LogP contribution is 2.50. The molecule has 8 heteroatoms. The zero-order chi connectivity index (χ0) is 18.5. The van der Waals surface area contributed by atoms with Crippen LogP contribution in [0.15, 0.2) is 41.4 Å². The highest BCUT2D eigenvalue weighted by molar-refractivity contribution is 7.90. The summed E-state index contributed by atoms with van der Waals surface area (Å²) in [6.07, 6.45) is 2.34. The maximum atomic E-state index is 13.3. The van der Waals surface area contributed by atoms with Crippen LogP contribution in [0.3, 0.4) is 0 Å². The number of methoxy groups -OCH3 is 2. The zero-order valence-electron chi connectivity index (χ0n) is 14.2. The van der Waals surface area contributed by atoms with Crippen LogP contribution in [0.4, 0.5) is 5.69 Å². The van der Waals surface area contributed by atoms with Gasteiger partial charge in [-0.3, -0.25) is 0 Å². The summed E-state index contributed by atoms with van der Waals surface area (Å²) in [7, 11) is -0.856. The van der Waals surface area contributed by atoms with Crippen LogP contribution in [-0.4, -0.2) is 33.2 Å². The van der Waals surface area contributed by atoms with Crippen molar-refractivity contribution in [1.29, 1.82) is 0 Å². The van der Waals surface area contributed by atoms with Crippen molar-refractivity contribution < 1.29 is 17.9 Å². The van der Waals surface area contributed by atoms with Gasteiger partial charge in [0.15, 0.2) is 11.5 Å². The van der Waals surface area contributed by atoms with Crippen molar-refractivity contribution in [2.75, 3.05) is 26.1 Å². The molecule has 136 valence electrons. The summed E-state index contributed by atoms with van der Waals surface area (Å²) in [4.78, 5) is 0.202. The van der Waals surface area contributed by atoms with Crippen molar-refractivity contribution in [2.24, 2.45) is 0 Å². The molecule has 0 bridgehead atoms. The number of anilines is 1. The first-order chi connectivity index (χ1) is 12.5. The largest absolute Gasteiger partial charge is 0.491 e. The second kappa shape index (κ2) is 6.10. The molecule has 0 saturated carbocycles. The molecule has 0 fully saturated rings. The van der Waals surface area contributed by atoms with Gasteiger partial charge < -0.3 is 14.8 Å². The number of hydrogen-bond acceptors (Lipinski definition) is 5. The lowest BCUT2D eigenvalue weighted by atomic mass is 10.0. The Hall–Kier alpha value is -2.38. The second-order valence-corrected chi connectivity index (χ2v) is 8.12.